The van der Waals surface area contributed by atoms with E-state index in [9.17, 15) is 0 Å². The second kappa shape index (κ2) is 6.04. The fourth-order valence-electron chi connectivity index (χ4n) is 2.56. The number of benzene rings is 1. The Balaban J connectivity index is 1.58. The molecule has 2 nitrogen and oxygen atoms in total. The number of halogens is 2. The molecule has 21 heavy (non-hydrogen) atoms. The second-order valence-corrected chi connectivity index (χ2v) is 6.71. The molecule has 0 bridgehead atoms. The van der Waals surface area contributed by atoms with Crippen LogP contribution in [0.15, 0.2) is 34.7 Å². The first kappa shape index (κ1) is 15.0. The van der Waals surface area contributed by atoms with E-state index < -0.39 is 0 Å². The van der Waals surface area contributed by atoms with Crippen molar-refractivity contribution in [3.63, 3.8) is 0 Å². The standard InChI is InChI=1S/C17H19Cl2NO/c1-10-7-14(10)17-6-4-13(21-17)9-20-11(2)12-3-5-15(18)16(19)8-12/h3-6,8,10-11,14,20H,7,9H2,1-2H3. The van der Waals surface area contributed by atoms with Gasteiger partial charge in [0.25, 0.3) is 0 Å². The minimum absolute atomic E-state index is 0.188. The van der Waals surface area contributed by atoms with Gasteiger partial charge in [0.1, 0.15) is 11.5 Å². The van der Waals surface area contributed by atoms with E-state index in [-0.39, 0.29) is 6.04 Å². The molecule has 2 aromatic rings. The van der Waals surface area contributed by atoms with Crippen LogP contribution in [0.2, 0.25) is 10.0 Å². The first-order valence-corrected chi connectivity index (χ1v) is 8.07. The highest BCUT2D eigenvalue weighted by Crippen LogP contribution is 2.47. The van der Waals surface area contributed by atoms with Crippen LogP contribution in [0.25, 0.3) is 0 Å². The summed E-state index contributed by atoms with van der Waals surface area (Å²) in [6.07, 6.45) is 1.25. The van der Waals surface area contributed by atoms with Gasteiger partial charge in [0.05, 0.1) is 16.6 Å². The van der Waals surface area contributed by atoms with E-state index >= 15 is 0 Å². The summed E-state index contributed by atoms with van der Waals surface area (Å²) >= 11 is 12.0. The third-order valence-corrected chi connectivity index (χ3v) is 4.92. The zero-order chi connectivity index (χ0) is 15.0. The molecule has 0 radical (unpaired) electrons. The largest absolute Gasteiger partial charge is 0.464 e. The Labute approximate surface area is 135 Å². The van der Waals surface area contributed by atoms with Gasteiger partial charge in [-0.05, 0) is 49.1 Å². The lowest BCUT2D eigenvalue weighted by Gasteiger charge is -2.14. The van der Waals surface area contributed by atoms with Crippen molar-refractivity contribution >= 4 is 23.2 Å². The molecule has 3 unspecified atom stereocenters. The monoisotopic (exact) mass is 323 g/mol. The lowest BCUT2D eigenvalue weighted by molar-refractivity contribution is 0.430. The molecule has 3 atom stereocenters. The molecule has 1 aliphatic rings. The lowest BCUT2D eigenvalue weighted by atomic mass is 10.1. The van der Waals surface area contributed by atoms with Gasteiger partial charge in [0.2, 0.25) is 0 Å². The molecule has 0 amide bonds. The molecule has 1 aromatic carbocycles. The summed E-state index contributed by atoms with van der Waals surface area (Å²) in [5, 5.41) is 4.62. The summed E-state index contributed by atoms with van der Waals surface area (Å²) in [5.74, 6) is 3.51. The van der Waals surface area contributed by atoms with Crippen LogP contribution in [0, 0.1) is 5.92 Å². The highest BCUT2D eigenvalue weighted by Gasteiger charge is 2.36. The summed E-state index contributed by atoms with van der Waals surface area (Å²) in [6.45, 7) is 5.08. The zero-order valence-electron chi connectivity index (χ0n) is 12.2. The zero-order valence-corrected chi connectivity index (χ0v) is 13.7. The lowest BCUT2D eigenvalue weighted by Crippen LogP contribution is -2.17. The van der Waals surface area contributed by atoms with Gasteiger partial charge in [-0.1, -0.05) is 36.2 Å². The third-order valence-electron chi connectivity index (χ3n) is 4.18. The van der Waals surface area contributed by atoms with Crippen LogP contribution in [0.3, 0.4) is 0 Å². The van der Waals surface area contributed by atoms with Crippen LogP contribution >= 0.6 is 23.2 Å². The van der Waals surface area contributed by atoms with Crippen molar-refractivity contribution in [3.8, 4) is 0 Å². The normalized spacial score (nSPS) is 22.3. The Hall–Kier alpha value is -0.960. The Morgan fingerprint density at radius 2 is 2.00 bits per heavy atom. The first-order valence-electron chi connectivity index (χ1n) is 7.31. The van der Waals surface area contributed by atoms with Crippen molar-refractivity contribution in [1.29, 1.82) is 0 Å². The molecule has 1 aliphatic carbocycles. The SMILES string of the molecule is CC(NCc1ccc(C2CC2C)o1)c1ccc(Cl)c(Cl)c1. The van der Waals surface area contributed by atoms with Gasteiger partial charge in [-0.2, -0.15) is 0 Å². The molecule has 1 saturated carbocycles. The van der Waals surface area contributed by atoms with Gasteiger partial charge in [0.15, 0.2) is 0 Å². The number of furan rings is 1. The number of hydrogen-bond acceptors (Lipinski definition) is 2. The highest BCUT2D eigenvalue weighted by atomic mass is 35.5. The molecule has 1 aromatic heterocycles. The van der Waals surface area contributed by atoms with Crippen molar-refractivity contribution in [3.05, 3.63) is 57.5 Å². The maximum absolute atomic E-state index is 6.06. The van der Waals surface area contributed by atoms with Crippen LogP contribution in [0.5, 0.6) is 0 Å². The molecular formula is C17H19Cl2NO. The minimum Gasteiger partial charge on any atom is -0.464 e. The maximum Gasteiger partial charge on any atom is 0.117 e. The molecule has 0 aliphatic heterocycles. The fraction of sp³-hybridized carbons (Fsp3) is 0.412. The molecular weight excluding hydrogens is 305 g/mol. The van der Waals surface area contributed by atoms with Crippen LogP contribution in [0.1, 0.15) is 49.3 Å². The Bertz CT molecular complexity index is 637. The van der Waals surface area contributed by atoms with Gasteiger partial charge in [-0.3, -0.25) is 0 Å². The van der Waals surface area contributed by atoms with Gasteiger partial charge >= 0.3 is 0 Å². The summed E-state index contributed by atoms with van der Waals surface area (Å²) in [4.78, 5) is 0. The van der Waals surface area contributed by atoms with Crippen molar-refractivity contribution in [1.82, 2.24) is 5.32 Å². The molecule has 1 heterocycles. The van der Waals surface area contributed by atoms with E-state index in [1.807, 2.05) is 18.2 Å². The van der Waals surface area contributed by atoms with Crippen molar-refractivity contribution in [2.24, 2.45) is 5.92 Å². The predicted octanol–water partition coefficient (Wildman–Crippen LogP) is 5.56. The van der Waals surface area contributed by atoms with E-state index in [1.165, 1.54) is 6.42 Å². The second-order valence-electron chi connectivity index (χ2n) is 5.90. The highest BCUT2D eigenvalue weighted by molar-refractivity contribution is 6.42. The Kier molecular flexibility index (Phi) is 4.30. The smallest absolute Gasteiger partial charge is 0.117 e. The first-order chi connectivity index (χ1) is 10.0. The van der Waals surface area contributed by atoms with Crippen LogP contribution in [-0.2, 0) is 6.54 Å². The van der Waals surface area contributed by atoms with Gasteiger partial charge in [-0.15, -0.1) is 0 Å². The predicted molar refractivity (Wildman–Crippen MR) is 86.9 cm³/mol. The third kappa shape index (κ3) is 3.45. The van der Waals surface area contributed by atoms with E-state index in [0.717, 1.165) is 23.0 Å². The van der Waals surface area contributed by atoms with Crippen molar-refractivity contribution < 1.29 is 4.42 Å². The maximum atomic E-state index is 6.06. The van der Waals surface area contributed by atoms with Crippen molar-refractivity contribution in [2.45, 2.75) is 38.8 Å². The van der Waals surface area contributed by atoms with E-state index in [0.29, 0.717) is 22.5 Å². The average molecular weight is 324 g/mol. The minimum atomic E-state index is 0.188. The molecule has 112 valence electrons. The molecule has 0 saturated heterocycles. The van der Waals surface area contributed by atoms with Crippen molar-refractivity contribution in [2.75, 3.05) is 0 Å². The molecule has 1 N–H and O–H groups in total. The van der Waals surface area contributed by atoms with Crippen LogP contribution in [-0.4, -0.2) is 0 Å². The van der Waals surface area contributed by atoms with Gasteiger partial charge < -0.3 is 9.73 Å². The quantitative estimate of drug-likeness (QED) is 0.779. The molecule has 4 heteroatoms. The summed E-state index contributed by atoms with van der Waals surface area (Å²) in [6, 6.07) is 10.1. The fourth-order valence-corrected chi connectivity index (χ4v) is 2.87. The average Bonchev–Trinajstić information content (AvgIpc) is 3.01. The summed E-state index contributed by atoms with van der Waals surface area (Å²) < 4.78 is 5.90. The van der Waals surface area contributed by atoms with E-state index in [2.05, 4.69) is 31.3 Å². The van der Waals surface area contributed by atoms with E-state index in [1.54, 1.807) is 0 Å². The molecule has 3 rings (SSSR count). The number of hydrogen-bond donors (Lipinski definition) is 1. The topological polar surface area (TPSA) is 25.2 Å². The van der Waals surface area contributed by atoms with Crippen LogP contribution < -0.4 is 5.32 Å². The molecule has 0 spiro atoms. The van der Waals surface area contributed by atoms with Gasteiger partial charge in [-0.25, -0.2) is 0 Å². The summed E-state index contributed by atoms with van der Waals surface area (Å²) in [7, 11) is 0. The summed E-state index contributed by atoms with van der Waals surface area (Å²) in [5.41, 5.74) is 1.12. The Morgan fingerprint density at radius 3 is 2.67 bits per heavy atom. The van der Waals surface area contributed by atoms with Gasteiger partial charge in [0, 0.05) is 12.0 Å². The Morgan fingerprint density at radius 1 is 1.24 bits per heavy atom. The van der Waals surface area contributed by atoms with E-state index in [4.69, 9.17) is 27.6 Å². The number of nitrogens with one attached hydrogen (secondary N) is 1. The number of rotatable bonds is 5. The molecule has 1 fully saturated rings. The van der Waals surface area contributed by atoms with Crippen LogP contribution in [0.4, 0.5) is 0 Å².